The minimum Gasteiger partial charge on any atom is -0.492 e. The third-order valence-electron chi connectivity index (χ3n) is 3.34. The minimum absolute atomic E-state index is 0.475. The molecule has 0 aliphatic carbocycles. The Hall–Kier alpha value is -1.06. The van der Waals surface area contributed by atoms with E-state index in [-0.39, 0.29) is 0 Å². The molecule has 17 heavy (non-hydrogen) atoms. The quantitative estimate of drug-likeness (QED) is 0.816. The fraction of sp³-hybridized carbons (Fsp3) is 0.571. The monoisotopic (exact) mass is 234 g/mol. The number of hydrogen-bond acceptors (Lipinski definition) is 3. The van der Waals surface area contributed by atoms with Crippen molar-refractivity contribution in [3.05, 3.63) is 30.3 Å². The van der Waals surface area contributed by atoms with Gasteiger partial charge >= 0.3 is 0 Å². The SMILES string of the molecule is NCCC(COc1ccccc1)N1CCCC1. The van der Waals surface area contributed by atoms with Crippen molar-refractivity contribution >= 4 is 0 Å². The molecule has 2 rings (SSSR count). The van der Waals surface area contributed by atoms with Gasteiger partial charge in [0.2, 0.25) is 0 Å². The van der Waals surface area contributed by atoms with Crippen molar-refractivity contribution < 1.29 is 4.74 Å². The summed E-state index contributed by atoms with van der Waals surface area (Å²) in [6, 6.07) is 10.5. The molecule has 94 valence electrons. The molecule has 1 aromatic carbocycles. The molecule has 0 bridgehead atoms. The number of rotatable bonds is 6. The predicted octanol–water partition coefficient (Wildman–Crippen LogP) is 1.88. The molecule has 0 radical (unpaired) electrons. The molecular weight excluding hydrogens is 212 g/mol. The Morgan fingerprint density at radius 1 is 1.18 bits per heavy atom. The van der Waals surface area contributed by atoms with Crippen molar-refractivity contribution in [3.63, 3.8) is 0 Å². The number of ether oxygens (including phenoxy) is 1. The average Bonchev–Trinajstić information content (AvgIpc) is 2.89. The minimum atomic E-state index is 0.475. The lowest BCUT2D eigenvalue weighted by molar-refractivity contribution is 0.154. The highest BCUT2D eigenvalue weighted by Gasteiger charge is 2.21. The molecule has 0 spiro atoms. The van der Waals surface area contributed by atoms with Gasteiger partial charge in [-0.05, 0) is 51.0 Å². The van der Waals surface area contributed by atoms with E-state index in [2.05, 4.69) is 4.90 Å². The van der Waals surface area contributed by atoms with Gasteiger partial charge in [-0.15, -0.1) is 0 Å². The third kappa shape index (κ3) is 3.72. The summed E-state index contributed by atoms with van der Waals surface area (Å²) < 4.78 is 5.84. The second kappa shape index (κ2) is 6.62. The topological polar surface area (TPSA) is 38.5 Å². The summed E-state index contributed by atoms with van der Waals surface area (Å²) in [6.45, 7) is 3.88. The van der Waals surface area contributed by atoms with Crippen molar-refractivity contribution in [2.75, 3.05) is 26.2 Å². The van der Waals surface area contributed by atoms with Crippen molar-refractivity contribution in [3.8, 4) is 5.75 Å². The maximum absolute atomic E-state index is 5.84. The van der Waals surface area contributed by atoms with Crippen LogP contribution in [0, 0.1) is 0 Å². The summed E-state index contributed by atoms with van der Waals surface area (Å²) in [4.78, 5) is 2.51. The highest BCUT2D eigenvalue weighted by Crippen LogP contribution is 2.16. The molecule has 1 fully saturated rings. The van der Waals surface area contributed by atoms with Crippen molar-refractivity contribution in [1.29, 1.82) is 0 Å². The number of hydrogen-bond donors (Lipinski definition) is 1. The maximum Gasteiger partial charge on any atom is 0.119 e. The Bertz CT molecular complexity index is 309. The van der Waals surface area contributed by atoms with Crippen LogP contribution in [0.5, 0.6) is 5.75 Å². The summed E-state index contributed by atoms with van der Waals surface area (Å²) in [5.41, 5.74) is 5.68. The molecule has 1 aliphatic rings. The van der Waals surface area contributed by atoms with Crippen LogP contribution in [0.1, 0.15) is 19.3 Å². The van der Waals surface area contributed by atoms with Crippen molar-refractivity contribution in [2.45, 2.75) is 25.3 Å². The molecule has 0 saturated carbocycles. The Morgan fingerprint density at radius 2 is 1.88 bits per heavy atom. The van der Waals surface area contributed by atoms with Crippen LogP contribution in [0.2, 0.25) is 0 Å². The molecule has 1 heterocycles. The van der Waals surface area contributed by atoms with Crippen LogP contribution in [0.25, 0.3) is 0 Å². The highest BCUT2D eigenvalue weighted by atomic mass is 16.5. The van der Waals surface area contributed by atoms with Gasteiger partial charge in [-0.3, -0.25) is 4.90 Å². The Morgan fingerprint density at radius 3 is 2.53 bits per heavy atom. The molecule has 1 aliphatic heterocycles. The van der Waals surface area contributed by atoms with E-state index in [4.69, 9.17) is 10.5 Å². The molecule has 3 nitrogen and oxygen atoms in total. The Balaban J connectivity index is 1.84. The van der Waals surface area contributed by atoms with Crippen LogP contribution in [-0.2, 0) is 0 Å². The molecular formula is C14H22N2O. The van der Waals surface area contributed by atoms with Gasteiger partial charge in [0.05, 0.1) is 0 Å². The number of nitrogens with zero attached hydrogens (tertiary/aromatic N) is 1. The number of nitrogens with two attached hydrogens (primary N) is 1. The number of para-hydroxylation sites is 1. The van der Waals surface area contributed by atoms with Crippen LogP contribution in [0.15, 0.2) is 30.3 Å². The van der Waals surface area contributed by atoms with E-state index < -0.39 is 0 Å². The molecule has 1 aromatic rings. The summed E-state index contributed by atoms with van der Waals surface area (Å²) in [7, 11) is 0. The number of benzene rings is 1. The second-order valence-electron chi connectivity index (χ2n) is 4.60. The van der Waals surface area contributed by atoms with Crippen molar-refractivity contribution in [1.82, 2.24) is 4.90 Å². The molecule has 2 N–H and O–H groups in total. The maximum atomic E-state index is 5.84. The molecule has 0 amide bonds. The lowest BCUT2D eigenvalue weighted by Gasteiger charge is -2.27. The fourth-order valence-corrected chi connectivity index (χ4v) is 2.38. The van der Waals surface area contributed by atoms with E-state index in [0.717, 1.165) is 25.3 Å². The molecule has 3 heteroatoms. The molecule has 1 atom stereocenters. The zero-order valence-corrected chi connectivity index (χ0v) is 10.3. The van der Waals surface area contributed by atoms with Gasteiger partial charge in [-0.2, -0.15) is 0 Å². The first-order valence-electron chi connectivity index (χ1n) is 6.52. The van der Waals surface area contributed by atoms with Gasteiger partial charge in [-0.1, -0.05) is 18.2 Å². The number of likely N-dealkylation sites (tertiary alicyclic amines) is 1. The Kier molecular flexibility index (Phi) is 4.83. The van der Waals surface area contributed by atoms with Gasteiger partial charge < -0.3 is 10.5 Å². The van der Waals surface area contributed by atoms with Crippen LogP contribution >= 0.6 is 0 Å². The predicted molar refractivity (Wildman–Crippen MR) is 70.2 cm³/mol. The molecule has 0 aromatic heterocycles. The van der Waals surface area contributed by atoms with E-state index in [1.165, 1.54) is 25.9 Å². The van der Waals surface area contributed by atoms with Crippen LogP contribution in [0.3, 0.4) is 0 Å². The first-order chi connectivity index (χ1) is 8.40. The van der Waals surface area contributed by atoms with Crippen LogP contribution in [-0.4, -0.2) is 37.2 Å². The summed E-state index contributed by atoms with van der Waals surface area (Å²) in [5, 5.41) is 0. The van der Waals surface area contributed by atoms with Gasteiger partial charge in [0.15, 0.2) is 0 Å². The van der Waals surface area contributed by atoms with E-state index in [0.29, 0.717) is 6.04 Å². The van der Waals surface area contributed by atoms with Gasteiger partial charge in [0, 0.05) is 6.04 Å². The lowest BCUT2D eigenvalue weighted by Crippen LogP contribution is -2.39. The van der Waals surface area contributed by atoms with Gasteiger partial charge in [-0.25, -0.2) is 0 Å². The Labute approximate surface area is 104 Å². The third-order valence-corrected chi connectivity index (χ3v) is 3.34. The molecule has 1 unspecified atom stereocenters. The summed E-state index contributed by atoms with van der Waals surface area (Å²) in [5.74, 6) is 0.953. The first-order valence-corrected chi connectivity index (χ1v) is 6.52. The molecule has 1 saturated heterocycles. The average molecular weight is 234 g/mol. The standard InChI is InChI=1S/C14H22N2O/c15-9-8-13(16-10-4-5-11-16)12-17-14-6-2-1-3-7-14/h1-3,6-7,13H,4-5,8-12,15H2. The second-order valence-corrected chi connectivity index (χ2v) is 4.60. The van der Waals surface area contributed by atoms with E-state index in [1.807, 2.05) is 30.3 Å². The van der Waals surface area contributed by atoms with E-state index in [9.17, 15) is 0 Å². The smallest absolute Gasteiger partial charge is 0.119 e. The van der Waals surface area contributed by atoms with Crippen molar-refractivity contribution in [2.24, 2.45) is 5.73 Å². The van der Waals surface area contributed by atoms with E-state index in [1.54, 1.807) is 0 Å². The van der Waals surface area contributed by atoms with Gasteiger partial charge in [0.1, 0.15) is 12.4 Å². The lowest BCUT2D eigenvalue weighted by atomic mass is 10.2. The van der Waals surface area contributed by atoms with Gasteiger partial charge in [0.25, 0.3) is 0 Å². The van der Waals surface area contributed by atoms with Crippen LogP contribution < -0.4 is 10.5 Å². The largest absolute Gasteiger partial charge is 0.492 e. The summed E-state index contributed by atoms with van der Waals surface area (Å²) >= 11 is 0. The summed E-state index contributed by atoms with van der Waals surface area (Å²) in [6.07, 6.45) is 3.64. The first kappa shape index (κ1) is 12.4. The normalized spacial score (nSPS) is 18.2. The fourth-order valence-electron chi connectivity index (χ4n) is 2.38. The van der Waals surface area contributed by atoms with E-state index >= 15 is 0 Å². The van der Waals surface area contributed by atoms with Crippen LogP contribution in [0.4, 0.5) is 0 Å². The highest BCUT2D eigenvalue weighted by molar-refractivity contribution is 5.20. The zero-order chi connectivity index (χ0) is 11.9. The zero-order valence-electron chi connectivity index (χ0n) is 10.3.